The molecule has 1 unspecified atom stereocenters. The predicted octanol–water partition coefficient (Wildman–Crippen LogP) is 2.74. The van der Waals surface area contributed by atoms with Crippen molar-refractivity contribution in [3.63, 3.8) is 0 Å². The summed E-state index contributed by atoms with van der Waals surface area (Å²) in [6, 6.07) is 9.01. The van der Waals surface area contributed by atoms with Gasteiger partial charge in [0.15, 0.2) is 17.9 Å². The van der Waals surface area contributed by atoms with Gasteiger partial charge in [-0.05, 0) is 18.6 Å². The van der Waals surface area contributed by atoms with Crippen LogP contribution in [0.3, 0.4) is 0 Å². The van der Waals surface area contributed by atoms with Crippen molar-refractivity contribution in [2.75, 3.05) is 12.9 Å². The van der Waals surface area contributed by atoms with E-state index in [1.165, 1.54) is 11.8 Å². The second-order valence-corrected chi connectivity index (χ2v) is 10.4. The molecule has 3 fully saturated rings. The topological polar surface area (TPSA) is 94.1 Å². The number of thioether (sulfide) groups is 1. The number of carbonyl (C=O) groups is 2. The number of carbonyl (C=O) groups excluding carboxylic acids is 2. The minimum absolute atomic E-state index is 0.160. The number of nitrogens with one attached hydrogen (secondary N) is 1. The van der Waals surface area contributed by atoms with Crippen molar-refractivity contribution < 1.29 is 28.9 Å². The lowest BCUT2D eigenvalue weighted by Gasteiger charge is -2.48. The Balaban J connectivity index is 1.54. The fourth-order valence-electron chi connectivity index (χ4n) is 4.73. The summed E-state index contributed by atoms with van der Waals surface area (Å²) in [5.74, 6) is -0.319. The molecule has 0 amide bonds. The minimum atomic E-state index is -0.915. The lowest BCUT2D eigenvalue weighted by atomic mass is 9.73. The standard InChI is InChI=1S/C24H31NO6S/c1-13(18-15(26)10-24(2,3)11-16(18)27)25-19-20(28)21-17(30-23(19)32-4)12-29-22(31-21)14-8-6-5-7-9-14/h5-9,17,19-23,25,28H,10-12H2,1-4H3/t17-,19-,20-,21-,22?,23+/m1/s1. The average molecular weight is 462 g/mol. The number of ketones is 2. The molecule has 0 spiro atoms. The number of Topliss-reactive ketones (excluding diaryl/α,β-unsaturated/α-hetero) is 2. The van der Waals surface area contributed by atoms with E-state index in [4.69, 9.17) is 14.2 Å². The van der Waals surface area contributed by atoms with Gasteiger partial charge in [0, 0.05) is 24.1 Å². The highest BCUT2D eigenvalue weighted by Gasteiger charge is 2.49. The van der Waals surface area contributed by atoms with E-state index in [1.54, 1.807) is 6.92 Å². The number of allylic oxidation sites excluding steroid dienone is 2. The number of aliphatic hydroxyl groups excluding tert-OH is 1. The lowest BCUT2D eigenvalue weighted by Crippen LogP contribution is -2.64. The summed E-state index contributed by atoms with van der Waals surface area (Å²) >= 11 is 1.45. The highest BCUT2D eigenvalue weighted by Crippen LogP contribution is 2.38. The Morgan fingerprint density at radius 1 is 1.12 bits per heavy atom. The van der Waals surface area contributed by atoms with Gasteiger partial charge in [-0.3, -0.25) is 9.59 Å². The Morgan fingerprint density at radius 3 is 2.41 bits per heavy atom. The van der Waals surface area contributed by atoms with Crippen molar-refractivity contribution in [2.45, 2.75) is 69.7 Å². The van der Waals surface area contributed by atoms with E-state index in [-0.39, 0.29) is 22.6 Å². The normalized spacial score (nSPS) is 34.7. The van der Waals surface area contributed by atoms with Crippen LogP contribution in [0, 0.1) is 5.41 Å². The van der Waals surface area contributed by atoms with Crippen LogP contribution >= 0.6 is 11.8 Å². The van der Waals surface area contributed by atoms with Crippen LogP contribution in [0.5, 0.6) is 0 Å². The summed E-state index contributed by atoms with van der Waals surface area (Å²) in [7, 11) is 0. The predicted molar refractivity (Wildman–Crippen MR) is 121 cm³/mol. The maximum atomic E-state index is 12.7. The van der Waals surface area contributed by atoms with Crippen LogP contribution < -0.4 is 5.32 Å². The molecule has 174 valence electrons. The second kappa shape index (κ2) is 9.27. The largest absolute Gasteiger partial charge is 0.388 e. The zero-order valence-electron chi connectivity index (χ0n) is 18.9. The molecular weight excluding hydrogens is 430 g/mol. The van der Waals surface area contributed by atoms with Gasteiger partial charge in [0.1, 0.15) is 23.7 Å². The van der Waals surface area contributed by atoms with E-state index < -0.39 is 36.1 Å². The summed E-state index contributed by atoms with van der Waals surface area (Å²) < 4.78 is 18.1. The van der Waals surface area contributed by atoms with Gasteiger partial charge < -0.3 is 24.6 Å². The molecule has 2 aliphatic heterocycles. The van der Waals surface area contributed by atoms with Gasteiger partial charge in [-0.2, -0.15) is 0 Å². The molecule has 7 nitrogen and oxygen atoms in total. The van der Waals surface area contributed by atoms with Gasteiger partial charge in [0.25, 0.3) is 0 Å². The number of aliphatic hydroxyl groups is 1. The van der Waals surface area contributed by atoms with Crippen LogP contribution in [0.2, 0.25) is 0 Å². The number of rotatable bonds is 4. The van der Waals surface area contributed by atoms with Gasteiger partial charge in [0.05, 0.1) is 18.2 Å². The summed E-state index contributed by atoms with van der Waals surface area (Å²) in [5, 5.41) is 14.5. The molecule has 8 heteroatoms. The highest BCUT2D eigenvalue weighted by atomic mass is 32.2. The smallest absolute Gasteiger partial charge is 0.184 e. The Morgan fingerprint density at radius 2 is 1.78 bits per heavy atom. The molecule has 1 aliphatic carbocycles. The molecule has 0 bridgehead atoms. The third-order valence-electron chi connectivity index (χ3n) is 6.26. The van der Waals surface area contributed by atoms with Gasteiger partial charge in [0.2, 0.25) is 0 Å². The summed E-state index contributed by atoms with van der Waals surface area (Å²) in [6.45, 7) is 5.88. The molecule has 1 saturated carbocycles. The van der Waals surface area contributed by atoms with Crippen LogP contribution in [0.1, 0.15) is 45.5 Å². The maximum Gasteiger partial charge on any atom is 0.184 e. The van der Waals surface area contributed by atoms with Crippen molar-refractivity contribution in [1.29, 1.82) is 0 Å². The van der Waals surface area contributed by atoms with Crippen molar-refractivity contribution in [2.24, 2.45) is 5.41 Å². The molecule has 1 aromatic rings. The van der Waals surface area contributed by atoms with E-state index in [2.05, 4.69) is 5.32 Å². The van der Waals surface area contributed by atoms with Crippen LogP contribution in [-0.2, 0) is 23.8 Å². The van der Waals surface area contributed by atoms with Crippen LogP contribution in [-0.4, -0.2) is 59.3 Å². The van der Waals surface area contributed by atoms with Crippen LogP contribution in [0.15, 0.2) is 41.6 Å². The van der Waals surface area contributed by atoms with Gasteiger partial charge in [-0.25, -0.2) is 0 Å². The van der Waals surface area contributed by atoms with E-state index in [0.29, 0.717) is 25.1 Å². The van der Waals surface area contributed by atoms with Gasteiger partial charge >= 0.3 is 0 Å². The third kappa shape index (κ3) is 4.65. The monoisotopic (exact) mass is 461 g/mol. The van der Waals surface area contributed by atoms with Gasteiger partial charge in [-0.1, -0.05) is 44.2 Å². The first-order valence-corrected chi connectivity index (χ1v) is 12.2. The summed E-state index contributed by atoms with van der Waals surface area (Å²) in [5.41, 5.74) is 0.824. The summed E-state index contributed by atoms with van der Waals surface area (Å²) in [6.07, 6.45) is 0.0225. The Bertz CT molecular complexity index is 879. The number of hydrogen-bond donors (Lipinski definition) is 2. The maximum absolute atomic E-state index is 12.7. The fourth-order valence-corrected chi connectivity index (χ4v) is 5.51. The molecule has 3 aliphatic rings. The van der Waals surface area contributed by atoms with E-state index in [0.717, 1.165) is 5.56 Å². The Labute approximate surface area is 192 Å². The molecule has 0 aromatic heterocycles. The number of hydrogen-bond acceptors (Lipinski definition) is 8. The minimum Gasteiger partial charge on any atom is -0.388 e. The van der Waals surface area contributed by atoms with E-state index in [1.807, 2.05) is 50.4 Å². The second-order valence-electron chi connectivity index (χ2n) is 9.48. The van der Waals surface area contributed by atoms with Crippen molar-refractivity contribution in [3.8, 4) is 0 Å². The molecule has 4 rings (SSSR count). The zero-order valence-corrected chi connectivity index (χ0v) is 19.7. The van der Waals surface area contributed by atoms with Gasteiger partial charge in [-0.15, -0.1) is 11.8 Å². The fraction of sp³-hybridized carbons (Fsp3) is 0.583. The molecule has 0 radical (unpaired) electrons. The molecule has 1 aromatic carbocycles. The van der Waals surface area contributed by atoms with Crippen molar-refractivity contribution in [3.05, 3.63) is 47.2 Å². The molecule has 2 N–H and O–H groups in total. The third-order valence-corrected chi connectivity index (χ3v) is 7.13. The first-order valence-electron chi connectivity index (χ1n) is 10.9. The van der Waals surface area contributed by atoms with Crippen molar-refractivity contribution >= 4 is 23.3 Å². The number of benzene rings is 1. The summed E-state index contributed by atoms with van der Waals surface area (Å²) in [4.78, 5) is 25.4. The highest BCUT2D eigenvalue weighted by molar-refractivity contribution is 7.99. The Hall–Kier alpha value is -1.71. The first-order chi connectivity index (χ1) is 15.2. The van der Waals surface area contributed by atoms with Crippen LogP contribution in [0.4, 0.5) is 0 Å². The number of ether oxygens (including phenoxy) is 3. The average Bonchev–Trinajstić information content (AvgIpc) is 2.74. The number of fused-ring (bicyclic) bond motifs is 1. The quantitative estimate of drug-likeness (QED) is 0.522. The molecule has 2 saturated heterocycles. The lowest BCUT2D eigenvalue weighted by molar-refractivity contribution is -0.306. The molecule has 2 heterocycles. The zero-order chi connectivity index (χ0) is 23.0. The van der Waals surface area contributed by atoms with E-state index in [9.17, 15) is 14.7 Å². The van der Waals surface area contributed by atoms with E-state index >= 15 is 0 Å². The van der Waals surface area contributed by atoms with Crippen molar-refractivity contribution in [1.82, 2.24) is 5.32 Å². The molecule has 32 heavy (non-hydrogen) atoms. The molecule has 6 atom stereocenters. The molecular formula is C24H31NO6S. The van der Waals surface area contributed by atoms with Crippen LogP contribution in [0.25, 0.3) is 0 Å². The SMILES string of the molecule is CS[C@@H]1O[C@@H]2COC(c3ccccc3)O[C@H]2[C@H](O)[C@H]1NC(C)=C1C(=O)CC(C)(C)CC1=O. The first kappa shape index (κ1) is 23.4. The Kier molecular flexibility index (Phi) is 6.79.